The van der Waals surface area contributed by atoms with Crippen molar-refractivity contribution in [3.8, 4) is 0 Å². The minimum atomic E-state index is -0.450. The van der Waals surface area contributed by atoms with Gasteiger partial charge in [0.25, 0.3) is 0 Å². The van der Waals surface area contributed by atoms with Gasteiger partial charge >= 0.3 is 0 Å². The van der Waals surface area contributed by atoms with Gasteiger partial charge in [0.15, 0.2) is 0 Å². The highest BCUT2D eigenvalue weighted by Crippen LogP contribution is 2.25. The average molecular weight is 355 g/mol. The molecule has 0 aliphatic carbocycles. The topological polar surface area (TPSA) is 49.4 Å². The van der Waals surface area contributed by atoms with Gasteiger partial charge < -0.3 is 10.2 Å². The van der Waals surface area contributed by atoms with E-state index in [1.807, 2.05) is 0 Å². The van der Waals surface area contributed by atoms with Crippen molar-refractivity contribution in [2.45, 2.75) is 6.92 Å². The van der Waals surface area contributed by atoms with Crippen molar-refractivity contribution >= 4 is 46.4 Å². The number of halogens is 3. The first kappa shape index (κ1) is 17.2. The summed E-state index contributed by atoms with van der Waals surface area (Å²) >= 11 is 11.8. The Labute approximate surface area is 142 Å². The van der Waals surface area contributed by atoms with Gasteiger partial charge in [0.1, 0.15) is 12.4 Å². The first-order valence-corrected chi connectivity index (χ1v) is 7.41. The number of nitrogens with zero attached hydrogens (tertiary/aromatic N) is 1. The van der Waals surface area contributed by atoms with Crippen molar-refractivity contribution in [1.29, 1.82) is 0 Å². The van der Waals surface area contributed by atoms with Crippen LogP contribution in [0, 0.1) is 5.82 Å². The number of amides is 2. The van der Waals surface area contributed by atoms with E-state index in [4.69, 9.17) is 23.2 Å². The highest BCUT2D eigenvalue weighted by atomic mass is 35.5. The first-order valence-electron chi connectivity index (χ1n) is 6.65. The zero-order valence-electron chi connectivity index (χ0n) is 12.1. The molecule has 0 aromatic heterocycles. The number of hydrogen-bond donors (Lipinski definition) is 1. The van der Waals surface area contributed by atoms with E-state index in [9.17, 15) is 14.0 Å². The fourth-order valence-corrected chi connectivity index (χ4v) is 2.27. The summed E-state index contributed by atoms with van der Waals surface area (Å²) in [6, 6.07) is 9.96. The quantitative estimate of drug-likeness (QED) is 0.897. The summed E-state index contributed by atoms with van der Waals surface area (Å²) in [4.78, 5) is 25.1. The lowest BCUT2D eigenvalue weighted by Gasteiger charge is -2.21. The van der Waals surface area contributed by atoms with Crippen LogP contribution in [-0.4, -0.2) is 18.4 Å². The summed E-state index contributed by atoms with van der Waals surface area (Å²) in [5.74, 6) is -1.22. The fourth-order valence-electron chi connectivity index (χ4n) is 1.93. The minimum Gasteiger partial charge on any atom is -0.323 e. The molecule has 0 saturated heterocycles. The Morgan fingerprint density at radius 1 is 1.13 bits per heavy atom. The molecule has 0 heterocycles. The van der Waals surface area contributed by atoms with Crippen molar-refractivity contribution in [1.82, 2.24) is 0 Å². The second-order valence-corrected chi connectivity index (χ2v) is 5.60. The van der Waals surface area contributed by atoms with Gasteiger partial charge in [-0.25, -0.2) is 4.39 Å². The van der Waals surface area contributed by atoms with Gasteiger partial charge in [-0.1, -0.05) is 23.2 Å². The Kier molecular flexibility index (Phi) is 5.58. The van der Waals surface area contributed by atoms with Gasteiger partial charge in [0.05, 0.1) is 10.7 Å². The standard InChI is InChI=1S/C16H13Cl2FN2O2/c1-10(22)21(13-5-3-12(19)4-6-13)9-16(23)20-15-8-11(17)2-7-14(15)18/h2-8H,9H2,1H3,(H,20,23). The van der Waals surface area contributed by atoms with Crippen LogP contribution in [0.2, 0.25) is 10.0 Å². The van der Waals surface area contributed by atoms with E-state index in [-0.39, 0.29) is 12.5 Å². The summed E-state index contributed by atoms with van der Waals surface area (Å²) in [7, 11) is 0. The summed E-state index contributed by atoms with van der Waals surface area (Å²) in [6.07, 6.45) is 0. The SMILES string of the molecule is CC(=O)N(CC(=O)Nc1cc(Cl)ccc1Cl)c1ccc(F)cc1. The Morgan fingerprint density at radius 3 is 2.39 bits per heavy atom. The van der Waals surface area contributed by atoms with Gasteiger partial charge in [-0.3, -0.25) is 9.59 Å². The third-order valence-corrected chi connectivity index (χ3v) is 3.59. The van der Waals surface area contributed by atoms with Crippen molar-refractivity contribution in [3.05, 3.63) is 58.3 Å². The van der Waals surface area contributed by atoms with Crippen LogP contribution in [0.4, 0.5) is 15.8 Å². The van der Waals surface area contributed by atoms with Gasteiger partial charge in [0.2, 0.25) is 11.8 Å². The van der Waals surface area contributed by atoms with E-state index in [1.54, 1.807) is 12.1 Å². The molecule has 2 aromatic rings. The molecule has 0 aliphatic heterocycles. The highest BCUT2D eigenvalue weighted by molar-refractivity contribution is 6.35. The second kappa shape index (κ2) is 7.44. The Hall–Kier alpha value is -2.11. The van der Waals surface area contributed by atoms with Crippen LogP contribution >= 0.6 is 23.2 Å². The number of nitrogens with one attached hydrogen (secondary N) is 1. The Balaban J connectivity index is 2.14. The number of rotatable bonds is 4. The van der Waals surface area contributed by atoms with Crippen LogP contribution in [0.1, 0.15) is 6.92 Å². The molecule has 7 heteroatoms. The number of benzene rings is 2. The molecule has 0 fully saturated rings. The molecule has 0 radical (unpaired) electrons. The maximum Gasteiger partial charge on any atom is 0.244 e. The molecule has 2 rings (SSSR count). The van der Waals surface area contributed by atoms with Crippen LogP contribution in [-0.2, 0) is 9.59 Å². The predicted octanol–water partition coefficient (Wildman–Crippen LogP) is 4.12. The third-order valence-electron chi connectivity index (χ3n) is 3.02. The summed E-state index contributed by atoms with van der Waals surface area (Å²) < 4.78 is 13.0. The molecular weight excluding hydrogens is 342 g/mol. The molecule has 0 unspecified atom stereocenters. The average Bonchev–Trinajstić information content (AvgIpc) is 2.49. The van der Waals surface area contributed by atoms with Crippen LogP contribution in [0.25, 0.3) is 0 Å². The van der Waals surface area contributed by atoms with Crippen molar-refractivity contribution < 1.29 is 14.0 Å². The van der Waals surface area contributed by atoms with Crippen LogP contribution in [0.15, 0.2) is 42.5 Å². The Bertz CT molecular complexity index is 735. The molecule has 0 spiro atoms. The van der Waals surface area contributed by atoms with E-state index in [2.05, 4.69) is 5.32 Å². The molecule has 23 heavy (non-hydrogen) atoms. The van der Waals surface area contributed by atoms with Gasteiger partial charge in [-0.2, -0.15) is 0 Å². The lowest BCUT2D eigenvalue weighted by molar-refractivity contribution is -0.120. The van der Waals surface area contributed by atoms with Gasteiger partial charge in [0, 0.05) is 17.6 Å². The minimum absolute atomic E-state index is 0.232. The molecule has 2 aromatic carbocycles. The molecule has 0 saturated carbocycles. The van der Waals surface area contributed by atoms with Gasteiger partial charge in [-0.15, -0.1) is 0 Å². The number of hydrogen-bond acceptors (Lipinski definition) is 2. The van der Waals surface area contributed by atoms with Crippen LogP contribution < -0.4 is 10.2 Å². The van der Waals surface area contributed by atoms with E-state index in [0.29, 0.717) is 21.4 Å². The number of carbonyl (C=O) groups is 2. The molecule has 120 valence electrons. The van der Waals surface area contributed by atoms with Crippen molar-refractivity contribution in [2.75, 3.05) is 16.8 Å². The Morgan fingerprint density at radius 2 is 1.78 bits per heavy atom. The molecule has 4 nitrogen and oxygen atoms in total. The van der Waals surface area contributed by atoms with Crippen molar-refractivity contribution in [3.63, 3.8) is 0 Å². The predicted molar refractivity (Wildman–Crippen MR) is 89.5 cm³/mol. The molecule has 1 N–H and O–H groups in total. The van der Waals surface area contributed by atoms with Gasteiger partial charge in [-0.05, 0) is 42.5 Å². The largest absolute Gasteiger partial charge is 0.323 e. The highest BCUT2D eigenvalue weighted by Gasteiger charge is 2.16. The molecule has 0 aliphatic rings. The lowest BCUT2D eigenvalue weighted by Crippen LogP contribution is -2.36. The summed E-state index contributed by atoms with van der Waals surface area (Å²) in [5.41, 5.74) is 0.776. The molecule has 0 bridgehead atoms. The summed E-state index contributed by atoms with van der Waals surface area (Å²) in [5, 5.41) is 3.35. The molecule has 2 amide bonds. The number of anilines is 2. The monoisotopic (exact) mass is 354 g/mol. The summed E-state index contributed by atoms with van der Waals surface area (Å²) in [6.45, 7) is 1.09. The molecular formula is C16H13Cl2FN2O2. The van der Waals surface area contributed by atoms with E-state index in [0.717, 1.165) is 0 Å². The maximum atomic E-state index is 13.0. The zero-order valence-corrected chi connectivity index (χ0v) is 13.7. The second-order valence-electron chi connectivity index (χ2n) is 4.75. The maximum absolute atomic E-state index is 13.0. The smallest absolute Gasteiger partial charge is 0.244 e. The van der Waals surface area contributed by atoms with Crippen LogP contribution in [0.3, 0.4) is 0 Å². The van der Waals surface area contributed by atoms with Crippen molar-refractivity contribution in [2.24, 2.45) is 0 Å². The lowest BCUT2D eigenvalue weighted by atomic mass is 10.2. The number of carbonyl (C=O) groups excluding carboxylic acids is 2. The first-order chi connectivity index (χ1) is 10.9. The zero-order chi connectivity index (χ0) is 17.0. The van der Waals surface area contributed by atoms with E-state index in [1.165, 1.54) is 42.2 Å². The van der Waals surface area contributed by atoms with Crippen LogP contribution in [0.5, 0.6) is 0 Å². The van der Waals surface area contributed by atoms with E-state index < -0.39 is 11.7 Å². The fraction of sp³-hybridized carbons (Fsp3) is 0.125. The molecule has 0 atom stereocenters. The van der Waals surface area contributed by atoms with E-state index >= 15 is 0 Å². The third kappa shape index (κ3) is 4.68. The normalized spacial score (nSPS) is 10.3.